The highest BCUT2D eigenvalue weighted by atomic mass is 19.4. The minimum absolute atomic E-state index is 0.170. The number of hydrogen-bond donors (Lipinski definition) is 1. The summed E-state index contributed by atoms with van der Waals surface area (Å²) in [6, 6.07) is 15.3. The minimum atomic E-state index is -4.47. The van der Waals surface area contributed by atoms with Crippen molar-refractivity contribution in [1.29, 1.82) is 0 Å². The van der Waals surface area contributed by atoms with Gasteiger partial charge in [-0.3, -0.25) is 9.78 Å². The molecule has 0 spiro atoms. The molecule has 0 aliphatic rings. The van der Waals surface area contributed by atoms with Gasteiger partial charge in [0, 0.05) is 37.4 Å². The van der Waals surface area contributed by atoms with Gasteiger partial charge in [0.2, 0.25) is 0 Å². The third-order valence-corrected chi connectivity index (χ3v) is 4.26. The third-order valence-electron chi connectivity index (χ3n) is 4.26. The zero-order valence-corrected chi connectivity index (χ0v) is 15.1. The summed E-state index contributed by atoms with van der Waals surface area (Å²) >= 11 is 0. The highest BCUT2D eigenvalue weighted by Gasteiger charge is 2.31. The predicted octanol–water partition coefficient (Wildman–Crippen LogP) is 4.99. The molecule has 1 aromatic heterocycles. The molecule has 28 heavy (non-hydrogen) atoms. The van der Waals surface area contributed by atoms with E-state index in [1.54, 1.807) is 36.7 Å². The Morgan fingerprint density at radius 3 is 2.46 bits per heavy atom. The second-order valence-corrected chi connectivity index (χ2v) is 6.17. The number of carbonyl (C=O) groups excluding carboxylic acids is 1. The van der Waals surface area contributed by atoms with Gasteiger partial charge in [0.25, 0.3) is 5.91 Å². The van der Waals surface area contributed by atoms with Crippen LogP contribution < -0.4 is 10.2 Å². The largest absolute Gasteiger partial charge is 0.416 e. The Hall–Kier alpha value is -3.35. The van der Waals surface area contributed by atoms with E-state index in [1.165, 1.54) is 24.1 Å². The first-order valence-electron chi connectivity index (χ1n) is 8.53. The van der Waals surface area contributed by atoms with E-state index in [-0.39, 0.29) is 5.69 Å². The maximum Gasteiger partial charge on any atom is 0.416 e. The van der Waals surface area contributed by atoms with Crippen LogP contribution in [-0.2, 0) is 12.7 Å². The molecule has 1 N–H and O–H groups in total. The Morgan fingerprint density at radius 2 is 1.75 bits per heavy atom. The Labute approximate surface area is 160 Å². The van der Waals surface area contributed by atoms with Crippen molar-refractivity contribution in [2.24, 2.45) is 0 Å². The van der Waals surface area contributed by atoms with E-state index in [1.807, 2.05) is 12.1 Å². The Morgan fingerprint density at radius 1 is 1.04 bits per heavy atom. The quantitative estimate of drug-likeness (QED) is 0.673. The summed E-state index contributed by atoms with van der Waals surface area (Å²) in [4.78, 5) is 18.1. The first kappa shape index (κ1) is 19.4. The molecule has 0 saturated carbocycles. The lowest BCUT2D eigenvalue weighted by Gasteiger charge is -2.21. The van der Waals surface area contributed by atoms with Crippen LogP contribution in [0, 0.1) is 0 Å². The number of alkyl halides is 3. The smallest absolute Gasteiger partial charge is 0.380 e. The lowest BCUT2D eigenvalue weighted by atomic mass is 10.1. The minimum Gasteiger partial charge on any atom is -0.380 e. The van der Waals surface area contributed by atoms with Crippen LogP contribution in [0.2, 0.25) is 0 Å². The van der Waals surface area contributed by atoms with Crippen LogP contribution in [0.25, 0.3) is 0 Å². The fraction of sp³-hybridized carbons (Fsp3) is 0.143. The number of carbonyl (C=O) groups is 1. The van der Waals surface area contributed by atoms with Crippen LogP contribution in [0.5, 0.6) is 0 Å². The highest BCUT2D eigenvalue weighted by Crippen LogP contribution is 2.32. The summed E-state index contributed by atoms with van der Waals surface area (Å²) < 4.78 is 38.9. The summed E-state index contributed by atoms with van der Waals surface area (Å²) in [5.74, 6) is -0.405. The van der Waals surface area contributed by atoms with E-state index in [4.69, 9.17) is 0 Å². The van der Waals surface area contributed by atoms with Gasteiger partial charge in [-0.1, -0.05) is 18.2 Å². The second-order valence-electron chi connectivity index (χ2n) is 6.17. The van der Waals surface area contributed by atoms with Gasteiger partial charge < -0.3 is 10.2 Å². The number of amides is 1. The molecular formula is C21H18F3N3O. The Kier molecular flexibility index (Phi) is 5.63. The molecule has 7 heteroatoms. The fourth-order valence-electron chi connectivity index (χ4n) is 2.71. The number of para-hydroxylation sites is 1. The molecule has 0 fully saturated rings. The van der Waals surface area contributed by atoms with Gasteiger partial charge in [-0.2, -0.15) is 13.2 Å². The van der Waals surface area contributed by atoms with Gasteiger partial charge in [0.1, 0.15) is 0 Å². The molecule has 3 aromatic rings. The number of nitrogens with zero attached hydrogens (tertiary/aromatic N) is 2. The van der Waals surface area contributed by atoms with Crippen molar-refractivity contribution in [3.05, 3.63) is 89.7 Å². The summed E-state index contributed by atoms with van der Waals surface area (Å²) in [5, 5.41) is 3.20. The molecule has 1 amide bonds. The van der Waals surface area contributed by atoms with E-state index in [0.717, 1.165) is 17.7 Å². The molecule has 4 nitrogen and oxygen atoms in total. The van der Waals surface area contributed by atoms with Crippen molar-refractivity contribution in [2.75, 3.05) is 17.3 Å². The number of halogens is 3. The molecule has 1 heterocycles. The van der Waals surface area contributed by atoms with Crippen molar-refractivity contribution < 1.29 is 18.0 Å². The normalized spacial score (nSPS) is 11.1. The number of pyridine rings is 1. The van der Waals surface area contributed by atoms with Crippen molar-refractivity contribution in [2.45, 2.75) is 12.7 Å². The zero-order valence-electron chi connectivity index (χ0n) is 15.1. The molecule has 0 bridgehead atoms. The monoisotopic (exact) mass is 385 g/mol. The number of nitrogens with one attached hydrogen (secondary N) is 1. The number of rotatable bonds is 5. The molecule has 0 aliphatic heterocycles. The number of benzene rings is 2. The highest BCUT2D eigenvalue weighted by molar-refractivity contribution is 6.09. The molecule has 0 unspecified atom stereocenters. The van der Waals surface area contributed by atoms with Crippen molar-refractivity contribution in [3.63, 3.8) is 0 Å². The SMILES string of the molecule is CN(C(=O)c1ccccc1NCc1ccncc1)c1cccc(C(F)(F)F)c1. The molecule has 0 atom stereocenters. The van der Waals surface area contributed by atoms with Gasteiger partial charge >= 0.3 is 6.18 Å². The molecule has 0 saturated heterocycles. The average molecular weight is 385 g/mol. The lowest BCUT2D eigenvalue weighted by Crippen LogP contribution is -2.27. The van der Waals surface area contributed by atoms with E-state index in [2.05, 4.69) is 10.3 Å². The van der Waals surface area contributed by atoms with Gasteiger partial charge in [-0.05, 0) is 48.0 Å². The number of aromatic nitrogens is 1. The van der Waals surface area contributed by atoms with Crippen LogP contribution in [0.1, 0.15) is 21.5 Å². The third kappa shape index (κ3) is 4.49. The summed E-state index contributed by atoms with van der Waals surface area (Å²) in [6.45, 7) is 0.486. The van der Waals surface area contributed by atoms with Crippen LogP contribution in [-0.4, -0.2) is 17.9 Å². The van der Waals surface area contributed by atoms with Crippen LogP contribution in [0.3, 0.4) is 0 Å². The molecular weight excluding hydrogens is 367 g/mol. The molecule has 2 aromatic carbocycles. The van der Waals surface area contributed by atoms with Gasteiger partial charge in [-0.25, -0.2) is 0 Å². The predicted molar refractivity (Wildman–Crippen MR) is 102 cm³/mol. The summed E-state index contributed by atoms with van der Waals surface area (Å²) in [6.07, 6.45) is -1.12. The van der Waals surface area contributed by atoms with Crippen LogP contribution in [0.15, 0.2) is 73.1 Å². The van der Waals surface area contributed by atoms with Crippen molar-refractivity contribution in [1.82, 2.24) is 4.98 Å². The van der Waals surface area contributed by atoms with Gasteiger partial charge in [-0.15, -0.1) is 0 Å². The zero-order chi connectivity index (χ0) is 20.1. The summed E-state index contributed by atoms with van der Waals surface area (Å²) in [5.41, 5.74) is 1.33. The van der Waals surface area contributed by atoms with E-state index >= 15 is 0 Å². The van der Waals surface area contributed by atoms with Crippen molar-refractivity contribution in [3.8, 4) is 0 Å². The first-order chi connectivity index (χ1) is 13.4. The van der Waals surface area contributed by atoms with E-state index in [0.29, 0.717) is 17.8 Å². The standard InChI is InChI=1S/C21H18F3N3O/c1-27(17-6-4-5-16(13-17)21(22,23)24)20(28)18-7-2-3-8-19(18)26-14-15-9-11-25-12-10-15/h2-13,26H,14H2,1H3. The lowest BCUT2D eigenvalue weighted by molar-refractivity contribution is -0.137. The molecule has 0 aliphatic carbocycles. The topological polar surface area (TPSA) is 45.2 Å². The Balaban J connectivity index is 1.82. The second kappa shape index (κ2) is 8.12. The first-order valence-corrected chi connectivity index (χ1v) is 8.53. The Bertz CT molecular complexity index is 958. The maximum absolute atomic E-state index is 13.0. The van der Waals surface area contributed by atoms with E-state index < -0.39 is 17.6 Å². The van der Waals surface area contributed by atoms with Crippen molar-refractivity contribution >= 4 is 17.3 Å². The molecule has 0 radical (unpaired) electrons. The van der Waals surface area contributed by atoms with Gasteiger partial charge in [0.15, 0.2) is 0 Å². The molecule has 3 rings (SSSR count). The van der Waals surface area contributed by atoms with Crippen LogP contribution in [0.4, 0.5) is 24.5 Å². The van der Waals surface area contributed by atoms with Crippen LogP contribution >= 0.6 is 0 Å². The van der Waals surface area contributed by atoms with Gasteiger partial charge in [0.05, 0.1) is 11.1 Å². The average Bonchev–Trinajstić information content (AvgIpc) is 2.71. The number of anilines is 2. The molecule has 144 valence electrons. The maximum atomic E-state index is 13.0. The van der Waals surface area contributed by atoms with E-state index in [9.17, 15) is 18.0 Å². The number of hydrogen-bond acceptors (Lipinski definition) is 3. The fourth-order valence-corrected chi connectivity index (χ4v) is 2.71. The summed E-state index contributed by atoms with van der Waals surface area (Å²) in [7, 11) is 1.46.